The number of rotatable bonds is 3. The first-order chi connectivity index (χ1) is 8.84. The van der Waals surface area contributed by atoms with Crippen molar-refractivity contribution in [1.82, 2.24) is 10.6 Å². The van der Waals surface area contributed by atoms with Gasteiger partial charge in [0.05, 0.1) is 19.0 Å². The second kappa shape index (κ2) is 5.12. The predicted molar refractivity (Wildman–Crippen MR) is 65.2 cm³/mol. The van der Waals surface area contributed by atoms with E-state index in [0.717, 1.165) is 19.7 Å². The van der Waals surface area contributed by atoms with E-state index >= 15 is 0 Å². The Balaban J connectivity index is 1.53. The number of hydrogen-bond acceptors (Lipinski definition) is 4. The van der Waals surface area contributed by atoms with Crippen LogP contribution in [0, 0.1) is 11.8 Å². The zero-order chi connectivity index (χ0) is 12.4. The van der Waals surface area contributed by atoms with Gasteiger partial charge in [-0.25, -0.2) is 0 Å². The third-order valence-electron chi connectivity index (χ3n) is 3.89. The van der Waals surface area contributed by atoms with Crippen molar-refractivity contribution in [2.75, 3.05) is 26.2 Å². The first-order valence-corrected chi connectivity index (χ1v) is 6.48. The van der Waals surface area contributed by atoms with Crippen LogP contribution in [0.5, 0.6) is 0 Å². The van der Waals surface area contributed by atoms with Crippen LogP contribution < -0.4 is 10.6 Å². The van der Waals surface area contributed by atoms with E-state index in [-0.39, 0.29) is 12.0 Å². The molecule has 0 radical (unpaired) electrons. The Morgan fingerprint density at radius 3 is 3.33 bits per heavy atom. The van der Waals surface area contributed by atoms with Gasteiger partial charge in [-0.2, -0.15) is 0 Å². The lowest BCUT2D eigenvalue weighted by Crippen LogP contribution is -2.43. The average Bonchev–Trinajstić information content (AvgIpc) is 3.06. The van der Waals surface area contributed by atoms with Gasteiger partial charge in [-0.15, -0.1) is 0 Å². The number of amides is 1. The molecule has 0 unspecified atom stereocenters. The van der Waals surface area contributed by atoms with Gasteiger partial charge >= 0.3 is 0 Å². The highest BCUT2D eigenvalue weighted by Gasteiger charge is 2.38. The molecule has 2 aliphatic rings. The molecule has 1 aromatic heterocycles. The molecular weight excluding hydrogens is 232 g/mol. The van der Waals surface area contributed by atoms with E-state index in [1.165, 1.54) is 12.7 Å². The van der Waals surface area contributed by atoms with E-state index in [2.05, 4.69) is 10.6 Å². The van der Waals surface area contributed by atoms with E-state index in [1.807, 2.05) is 0 Å². The van der Waals surface area contributed by atoms with Crippen LogP contribution >= 0.6 is 0 Å². The topological polar surface area (TPSA) is 63.5 Å². The second-order valence-corrected chi connectivity index (χ2v) is 4.98. The average molecular weight is 250 g/mol. The summed E-state index contributed by atoms with van der Waals surface area (Å²) < 4.78 is 10.8. The van der Waals surface area contributed by atoms with Crippen molar-refractivity contribution >= 4 is 5.91 Å². The smallest absolute Gasteiger partial charge is 0.287 e. The summed E-state index contributed by atoms with van der Waals surface area (Å²) in [4.78, 5) is 11.7. The molecule has 1 amide bonds. The molecule has 2 N–H and O–H groups in total. The standard InChI is InChI=1S/C13H18N2O3/c16-13(11-2-1-5-17-11)15-7-12-10-6-14-4-3-9(10)8-18-12/h1-2,5,9-10,12,14H,3-4,6-8H2,(H,15,16)/t9-,10-,12+/m0/s1. The van der Waals surface area contributed by atoms with Gasteiger partial charge in [-0.3, -0.25) is 4.79 Å². The van der Waals surface area contributed by atoms with Crippen LogP contribution in [-0.2, 0) is 4.74 Å². The minimum absolute atomic E-state index is 0.127. The fourth-order valence-corrected chi connectivity index (χ4v) is 2.85. The van der Waals surface area contributed by atoms with E-state index < -0.39 is 0 Å². The van der Waals surface area contributed by atoms with E-state index in [1.54, 1.807) is 12.1 Å². The Hall–Kier alpha value is -1.33. The fourth-order valence-electron chi connectivity index (χ4n) is 2.85. The number of ether oxygens (including phenoxy) is 1. The Morgan fingerprint density at radius 1 is 1.56 bits per heavy atom. The van der Waals surface area contributed by atoms with Gasteiger partial charge in [0.1, 0.15) is 0 Å². The maximum atomic E-state index is 11.7. The lowest BCUT2D eigenvalue weighted by Gasteiger charge is -2.27. The summed E-state index contributed by atoms with van der Waals surface area (Å²) in [5, 5.41) is 6.26. The van der Waals surface area contributed by atoms with Crippen molar-refractivity contribution in [2.45, 2.75) is 12.5 Å². The molecule has 0 bridgehead atoms. The minimum Gasteiger partial charge on any atom is -0.459 e. The Kier molecular flexibility index (Phi) is 3.34. The van der Waals surface area contributed by atoms with E-state index in [9.17, 15) is 4.79 Å². The molecule has 2 aliphatic heterocycles. The zero-order valence-electron chi connectivity index (χ0n) is 10.2. The molecule has 2 fully saturated rings. The Morgan fingerprint density at radius 2 is 2.50 bits per heavy atom. The number of carbonyl (C=O) groups excluding carboxylic acids is 1. The summed E-state index contributed by atoms with van der Waals surface area (Å²) in [6.07, 6.45) is 2.80. The molecule has 0 aliphatic carbocycles. The molecule has 5 heteroatoms. The van der Waals surface area contributed by atoms with Gasteiger partial charge in [0.25, 0.3) is 5.91 Å². The van der Waals surface area contributed by atoms with Crippen molar-refractivity contribution in [2.24, 2.45) is 11.8 Å². The van der Waals surface area contributed by atoms with Crippen molar-refractivity contribution in [3.63, 3.8) is 0 Å². The third kappa shape index (κ3) is 2.28. The van der Waals surface area contributed by atoms with Gasteiger partial charge in [-0.05, 0) is 31.0 Å². The SMILES string of the molecule is O=C(NC[C@H]1OC[C@@H]2CCNC[C@@H]21)c1ccco1. The van der Waals surface area contributed by atoms with Crippen LogP contribution in [0.15, 0.2) is 22.8 Å². The molecule has 1 aromatic rings. The largest absolute Gasteiger partial charge is 0.459 e. The third-order valence-corrected chi connectivity index (χ3v) is 3.89. The van der Waals surface area contributed by atoms with Crippen LogP contribution in [0.1, 0.15) is 17.0 Å². The summed E-state index contributed by atoms with van der Waals surface area (Å²) in [6, 6.07) is 3.37. The van der Waals surface area contributed by atoms with Crippen LogP contribution in [0.3, 0.4) is 0 Å². The van der Waals surface area contributed by atoms with Crippen molar-refractivity contribution in [3.8, 4) is 0 Å². The lowest BCUT2D eigenvalue weighted by molar-refractivity contribution is 0.0760. The number of fused-ring (bicyclic) bond motifs is 1. The Bertz CT molecular complexity index is 404. The molecule has 3 atom stereocenters. The number of piperidine rings is 1. The predicted octanol–water partition coefficient (Wildman–Crippen LogP) is 0.634. The molecule has 18 heavy (non-hydrogen) atoms. The van der Waals surface area contributed by atoms with Crippen molar-refractivity contribution in [3.05, 3.63) is 24.2 Å². The molecule has 5 nitrogen and oxygen atoms in total. The highest BCUT2D eigenvalue weighted by atomic mass is 16.5. The van der Waals surface area contributed by atoms with Gasteiger partial charge < -0.3 is 19.8 Å². The molecule has 3 heterocycles. The molecule has 0 aromatic carbocycles. The van der Waals surface area contributed by atoms with Gasteiger partial charge in [0, 0.05) is 19.0 Å². The second-order valence-electron chi connectivity index (χ2n) is 4.98. The highest BCUT2D eigenvalue weighted by Crippen LogP contribution is 2.30. The number of furan rings is 1. The molecular formula is C13H18N2O3. The first-order valence-electron chi connectivity index (χ1n) is 6.48. The summed E-state index contributed by atoms with van der Waals surface area (Å²) in [5.74, 6) is 1.36. The van der Waals surface area contributed by atoms with Crippen LogP contribution in [-0.4, -0.2) is 38.3 Å². The summed E-state index contributed by atoms with van der Waals surface area (Å²) in [5.41, 5.74) is 0. The van der Waals surface area contributed by atoms with Crippen molar-refractivity contribution < 1.29 is 13.9 Å². The Labute approximate surface area is 106 Å². The fraction of sp³-hybridized carbons (Fsp3) is 0.615. The number of nitrogens with one attached hydrogen (secondary N) is 2. The van der Waals surface area contributed by atoms with Crippen LogP contribution in [0.4, 0.5) is 0 Å². The van der Waals surface area contributed by atoms with Gasteiger partial charge in [0.15, 0.2) is 5.76 Å². The normalized spacial score (nSPS) is 31.0. The summed E-state index contributed by atoms with van der Waals surface area (Å²) >= 11 is 0. The minimum atomic E-state index is -0.171. The number of hydrogen-bond donors (Lipinski definition) is 2. The molecule has 0 spiro atoms. The van der Waals surface area contributed by atoms with Crippen molar-refractivity contribution in [1.29, 1.82) is 0 Å². The van der Waals surface area contributed by atoms with Crippen LogP contribution in [0.2, 0.25) is 0 Å². The van der Waals surface area contributed by atoms with Gasteiger partial charge in [-0.1, -0.05) is 0 Å². The highest BCUT2D eigenvalue weighted by molar-refractivity contribution is 5.91. The number of carbonyl (C=O) groups is 1. The first kappa shape index (κ1) is 11.7. The molecule has 98 valence electrons. The summed E-state index contributed by atoms with van der Waals surface area (Å²) in [7, 11) is 0. The molecule has 0 saturated carbocycles. The van der Waals surface area contributed by atoms with E-state index in [0.29, 0.717) is 24.1 Å². The maximum Gasteiger partial charge on any atom is 0.287 e. The summed E-state index contributed by atoms with van der Waals surface area (Å²) in [6.45, 7) is 3.46. The molecule has 2 saturated heterocycles. The van der Waals surface area contributed by atoms with Crippen LogP contribution in [0.25, 0.3) is 0 Å². The van der Waals surface area contributed by atoms with E-state index in [4.69, 9.17) is 9.15 Å². The molecule has 3 rings (SSSR count). The zero-order valence-corrected chi connectivity index (χ0v) is 10.2. The lowest BCUT2D eigenvalue weighted by atomic mass is 9.85. The van der Waals surface area contributed by atoms with Gasteiger partial charge in [0.2, 0.25) is 0 Å². The monoisotopic (exact) mass is 250 g/mol. The maximum absolute atomic E-state index is 11.7. The quantitative estimate of drug-likeness (QED) is 0.826.